The maximum atomic E-state index is 12.3. The van der Waals surface area contributed by atoms with Gasteiger partial charge < -0.3 is 4.57 Å². The molecule has 118 valence electrons. The summed E-state index contributed by atoms with van der Waals surface area (Å²) in [5, 5.41) is 0. The van der Waals surface area contributed by atoms with Gasteiger partial charge in [-0.25, -0.2) is 9.78 Å². The number of rotatable bonds is 2. The monoisotopic (exact) mass is 374 g/mol. The normalized spacial score (nSPS) is 11.7. The van der Waals surface area contributed by atoms with Crippen molar-refractivity contribution >= 4 is 39.2 Å². The van der Waals surface area contributed by atoms with Crippen LogP contribution >= 0.6 is 15.9 Å². The molecule has 0 unspecified atom stereocenters. The minimum Gasteiger partial charge on any atom is -0.322 e. The van der Waals surface area contributed by atoms with Crippen LogP contribution in [0.5, 0.6) is 0 Å². The third kappa shape index (κ3) is 2.57. The van der Waals surface area contributed by atoms with Gasteiger partial charge in [-0.15, -0.1) is 0 Å². The fourth-order valence-electron chi connectivity index (χ4n) is 2.43. The number of nitrogens with zero attached hydrogens (tertiary/aromatic N) is 4. The van der Waals surface area contributed by atoms with E-state index in [2.05, 4.69) is 20.9 Å². The Morgan fingerprint density at radius 2 is 1.61 bits per heavy atom. The summed E-state index contributed by atoms with van der Waals surface area (Å²) in [7, 11) is 4.84. The lowest BCUT2D eigenvalue weighted by Crippen LogP contribution is -2.37. The van der Waals surface area contributed by atoms with Crippen molar-refractivity contribution in [3.8, 4) is 0 Å². The average molecular weight is 375 g/mol. The molecule has 0 amide bonds. The predicted octanol–water partition coefficient (Wildman–Crippen LogP) is 1.90. The first kappa shape index (κ1) is 15.5. The molecular formula is C16H15BrN4O2. The van der Waals surface area contributed by atoms with Gasteiger partial charge in [-0.1, -0.05) is 34.1 Å². The molecule has 0 bridgehead atoms. The molecule has 0 spiro atoms. The number of aromatic nitrogens is 4. The first-order valence-corrected chi connectivity index (χ1v) is 7.75. The minimum absolute atomic E-state index is 0.346. The number of hydrogen-bond acceptors (Lipinski definition) is 3. The van der Waals surface area contributed by atoms with Crippen LogP contribution in [0.3, 0.4) is 0 Å². The van der Waals surface area contributed by atoms with Crippen molar-refractivity contribution in [3.63, 3.8) is 0 Å². The molecule has 6 nitrogen and oxygen atoms in total. The Balaban J connectivity index is 2.16. The van der Waals surface area contributed by atoms with E-state index in [0.717, 1.165) is 14.6 Å². The highest BCUT2D eigenvalue weighted by Crippen LogP contribution is 2.14. The number of hydrogen-bond donors (Lipinski definition) is 0. The molecular weight excluding hydrogens is 360 g/mol. The second-order valence-corrected chi connectivity index (χ2v) is 6.21. The van der Waals surface area contributed by atoms with Crippen molar-refractivity contribution in [3.05, 3.63) is 61.0 Å². The Morgan fingerprint density at radius 3 is 2.26 bits per heavy atom. The molecule has 2 heterocycles. The van der Waals surface area contributed by atoms with Crippen molar-refractivity contribution in [2.45, 2.75) is 0 Å². The molecule has 3 rings (SSSR count). The Labute approximate surface area is 140 Å². The standard InChI is InChI=1S/C16H15BrN4O2/c1-19-12(9-6-10-4-7-11(17)8-5-10)18-14-13(19)15(22)21(3)16(23)20(14)2/h4-9H,1-3H3/b9-6+. The Hall–Kier alpha value is -2.41. The van der Waals surface area contributed by atoms with Crippen LogP contribution in [0.25, 0.3) is 23.3 Å². The van der Waals surface area contributed by atoms with Gasteiger partial charge in [0, 0.05) is 25.6 Å². The van der Waals surface area contributed by atoms with E-state index in [1.807, 2.05) is 36.4 Å². The lowest BCUT2D eigenvalue weighted by atomic mass is 10.2. The van der Waals surface area contributed by atoms with Crippen molar-refractivity contribution < 1.29 is 0 Å². The second kappa shape index (κ2) is 5.66. The summed E-state index contributed by atoms with van der Waals surface area (Å²) >= 11 is 3.40. The van der Waals surface area contributed by atoms with Crippen LogP contribution in [-0.4, -0.2) is 18.7 Å². The molecule has 0 saturated heterocycles. The van der Waals surface area contributed by atoms with Gasteiger partial charge in [0.1, 0.15) is 5.82 Å². The van der Waals surface area contributed by atoms with Gasteiger partial charge in [0.05, 0.1) is 0 Å². The SMILES string of the molecule is Cn1c(=O)c2c(nc(/C=C/c3ccc(Br)cc3)n2C)n(C)c1=O. The van der Waals surface area contributed by atoms with E-state index in [0.29, 0.717) is 17.0 Å². The second-order valence-electron chi connectivity index (χ2n) is 5.29. The topological polar surface area (TPSA) is 61.8 Å². The summed E-state index contributed by atoms with van der Waals surface area (Å²) in [5.74, 6) is 0.612. The van der Waals surface area contributed by atoms with Gasteiger partial charge in [0.15, 0.2) is 11.2 Å². The van der Waals surface area contributed by atoms with Crippen molar-refractivity contribution in [1.82, 2.24) is 18.7 Å². The molecule has 0 aliphatic carbocycles. The Bertz CT molecular complexity index is 1040. The lowest BCUT2D eigenvalue weighted by molar-refractivity contribution is 0.705. The van der Waals surface area contributed by atoms with Crippen LogP contribution in [0.4, 0.5) is 0 Å². The van der Waals surface area contributed by atoms with Crippen LogP contribution < -0.4 is 11.2 Å². The van der Waals surface area contributed by atoms with Crippen LogP contribution in [-0.2, 0) is 21.1 Å². The van der Waals surface area contributed by atoms with Crippen LogP contribution in [0, 0.1) is 0 Å². The third-order valence-electron chi connectivity index (χ3n) is 3.80. The van der Waals surface area contributed by atoms with E-state index >= 15 is 0 Å². The number of imidazole rings is 1. The molecule has 0 aliphatic heterocycles. The molecule has 0 fully saturated rings. The quantitative estimate of drug-likeness (QED) is 0.688. The van der Waals surface area contributed by atoms with Gasteiger partial charge >= 0.3 is 5.69 Å². The van der Waals surface area contributed by atoms with Crippen LogP contribution in [0.2, 0.25) is 0 Å². The maximum absolute atomic E-state index is 12.3. The highest BCUT2D eigenvalue weighted by atomic mass is 79.9. The number of halogens is 1. The van der Waals surface area contributed by atoms with E-state index < -0.39 is 0 Å². The molecule has 1 aromatic carbocycles. The molecule has 0 saturated carbocycles. The fraction of sp³-hybridized carbons (Fsp3) is 0.188. The molecule has 7 heteroatoms. The van der Waals surface area contributed by atoms with Gasteiger partial charge in [-0.2, -0.15) is 0 Å². The highest BCUT2D eigenvalue weighted by molar-refractivity contribution is 9.10. The summed E-state index contributed by atoms with van der Waals surface area (Å²) in [5.41, 5.74) is 1.08. The number of fused-ring (bicyclic) bond motifs is 1. The van der Waals surface area contributed by atoms with Crippen molar-refractivity contribution in [2.24, 2.45) is 21.1 Å². The smallest absolute Gasteiger partial charge is 0.322 e. The number of aryl methyl sites for hydroxylation is 2. The summed E-state index contributed by atoms with van der Waals surface area (Å²) in [6.07, 6.45) is 3.74. The van der Waals surface area contributed by atoms with Crippen molar-refractivity contribution in [2.75, 3.05) is 0 Å². The van der Waals surface area contributed by atoms with E-state index in [1.54, 1.807) is 18.7 Å². The predicted molar refractivity (Wildman–Crippen MR) is 94.3 cm³/mol. The highest BCUT2D eigenvalue weighted by Gasteiger charge is 2.15. The molecule has 0 N–H and O–H groups in total. The summed E-state index contributed by atoms with van der Waals surface area (Å²) in [6, 6.07) is 7.85. The average Bonchev–Trinajstić information content (AvgIpc) is 2.87. The van der Waals surface area contributed by atoms with E-state index in [9.17, 15) is 9.59 Å². The minimum atomic E-state index is -0.385. The molecule has 23 heavy (non-hydrogen) atoms. The Morgan fingerprint density at radius 1 is 0.957 bits per heavy atom. The van der Waals surface area contributed by atoms with Gasteiger partial charge in [0.2, 0.25) is 0 Å². The molecule has 0 radical (unpaired) electrons. The van der Waals surface area contributed by atoms with Gasteiger partial charge in [-0.05, 0) is 23.8 Å². The van der Waals surface area contributed by atoms with Gasteiger partial charge in [-0.3, -0.25) is 13.9 Å². The van der Waals surface area contributed by atoms with E-state index in [1.165, 1.54) is 11.6 Å². The van der Waals surface area contributed by atoms with E-state index in [-0.39, 0.29) is 11.2 Å². The lowest BCUT2D eigenvalue weighted by Gasteiger charge is -2.03. The van der Waals surface area contributed by atoms with Crippen LogP contribution in [0.1, 0.15) is 11.4 Å². The summed E-state index contributed by atoms with van der Waals surface area (Å²) < 4.78 is 5.18. The van der Waals surface area contributed by atoms with E-state index in [4.69, 9.17) is 0 Å². The van der Waals surface area contributed by atoms with Gasteiger partial charge in [0.25, 0.3) is 5.56 Å². The molecule has 0 aliphatic rings. The largest absolute Gasteiger partial charge is 0.332 e. The molecule has 2 aromatic heterocycles. The van der Waals surface area contributed by atoms with Crippen molar-refractivity contribution in [1.29, 1.82) is 0 Å². The first-order chi connectivity index (χ1) is 10.9. The molecule has 0 atom stereocenters. The first-order valence-electron chi connectivity index (χ1n) is 6.96. The van der Waals surface area contributed by atoms with Crippen LogP contribution in [0.15, 0.2) is 38.3 Å². The fourth-order valence-corrected chi connectivity index (χ4v) is 2.69. The third-order valence-corrected chi connectivity index (χ3v) is 4.33. The maximum Gasteiger partial charge on any atom is 0.332 e. The zero-order valence-electron chi connectivity index (χ0n) is 12.9. The zero-order chi connectivity index (χ0) is 16.7. The Kier molecular flexibility index (Phi) is 3.81. The summed E-state index contributed by atoms with van der Waals surface area (Å²) in [6.45, 7) is 0. The summed E-state index contributed by atoms with van der Waals surface area (Å²) in [4.78, 5) is 28.7. The zero-order valence-corrected chi connectivity index (χ0v) is 14.5. The number of benzene rings is 1. The molecule has 3 aromatic rings.